The van der Waals surface area contributed by atoms with Gasteiger partial charge in [-0.1, -0.05) is 24.3 Å². The molecule has 1 N–H and O–H groups in total. The van der Waals surface area contributed by atoms with Gasteiger partial charge >= 0.3 is 5.97 Å². The van der Waals surface area contributed by atoms with Gasteiger partial charge in [0.2, 0.25) is 5.91 Å². The molecule has 1 aromatic carbocycles. The molecule has 122 valence electrons. The number of carboxylic acid groups (broad SMARTS) is 1. The monoisotopic (exact) mass is 317 g/mol. The van der Waals surface area contributed by atoms with Crippen molar-refractivity contribution < 1.29 is 19.1 Å². The molecule has 1 saturated heterocycles. The van der Waals surface area contributed by atoms with Gasteiger partial charge in [0, 0.05) is 19.5 Å². The highest BCUT2D eigenvalue weighted by molar-refractivity contribution is 5.81. The highest BCUT2D eigenvalue weighted by Crippen LogP contribution is 2.44. The number of rotatable bonds is 5. The van der Waals surface area contributed by atoms with E-state index in [9.17, 15) is 19.1 Å². The smallest absolute Gasteiger partial charge is 0.308 e. The lowest BCUT2D eigenvalue weighted by molar-refractivity contribution is -0.142. The highest BCUT2D eigenvalue weighted by atomic mass is 19.1. The Morgan fingerprint density at radius 2 is 1.91 bits per heavy atom. The molecule has 23 heavy (non-hydrogen) atoms. The topological polar surface area (TPSA) is 57.6 Å². The van der Waals surface area contributed by atoms with Crippen LogP contribution in [0.1, 0.15) is 24.8 Å². The number of carbonyl (C=O) groups excluding carboxylic acids is 1. The number of halogens is 1. The Morgan fingerprint density at radius 3 is 2.52 bits per heavy atom. The summed E-state index contributed by atoms with van der Waals surface area (Å²) in [5, 5.41) is 9.32. The molecule has 0 spiro atoms. The van der Waals surface area contributed by atoms with Crippen LogP contribution in [0.3, 0.4) is 0 Å². The summed E-state index contributed by atoms with van der Waals surface area (Å²) < 4.78 is 12.8. The maximum absolute atomic E-state index is 12.8. The van der Waals surface area contributed by atoms with Crippen LogP contribution >= 0.6 is 0 Å². The normalized spacial score (nSPS) is 24.3. The van der Waals surface area contributed by atoms with E-state index in [-0.39, 0.29) is 24.1 Å². The lowest BCUT2D eigenvalue weighted by Gasteiger charge is -2.15. The molecule has 2 atom stereocenters. The van der Waals surface area contributed by atoms with Gasteiger partial charge in [0.25, 0.3) is 0 Å². The Balaban J connectivity index is 1.56. The molecular weight excluding hydrogens is 297 g/mol. The average Bonchev–Trinajstić information content (AvgIpc) is 3.27. The van der Waals surface area contributed by atoms with Crippen molar-refractivity contribution in [2.45, 2.75) is 19.3 Å². The molecule has 1 amide bonds. The first kappa shape index (κ1) is 15.7. The Kier molecular flexibility index (Phi) is 4.46. The molecule has 1 aromatic rings. The lowest BCUT2D eigenvalue weighted by atomic mass is 9.92. The van der Waals surface area contributed by atoms with E-state index >= 15 is 0 Å². The molecular formula is C18H20FNO3. The van der Waals surface area contributed by atoms with Crippen LogP contribution in [0.5, 0.6) is 0 Å². The van der Waals surface area contributed by atoms with Crippen LogP contribution in [0.25, 0.3) is 6.08 Å². The number of carbonyl (C=O) groups is 2. The van der Waals surface area contributed by atoms with Crippen molar-refractivity contribution in [3.05, 3.63) is 41.7 Å². The van der Waals surface area contributed by atoms with Gasteiger partial charge < -0.3 is 10.0 Å². The van der Waals surface area contributed by atoms with Gasteiger partial charge in [-0.25, -0.2) is 4.39 Å². The van der Waals surface area contributed by atoms with Crippen molar-refractivity contribution in [3.8, 4) is 0 Å². The van der Waals surface area contributed by atoms with E-state index in [1.54, 1.807) is 29.2 Å². The van der Waals surface area contributed by atoms with Crippen molar-refractivity contribution in [3.63, 3.8) is 0 Å². The van der Waals surface area contributed by atoms with E-state index in [1.165, 1.54) is 12.1 Å². The summed E-state index contributed by atoms with van der Waals surface area (Å²) >= 11 is 0. The molecule has 1 heterocycles. The average molecular weight is 317 g/mol. The van der Waals surface area contributed by atoms with Crippen molar-refractivity contribution in [1.82, 2.24) is 4.90 Å². The number of hydrogen-bond acceptors (Lipinski definition) is 2. The minimum atomic E-state index is -0.793. The number of amides is 1. The third-order valence-corrected chi connectivity index (χ3v) is 4.74. The van der Waals surface area contributed by atoms with Gasteiger partial charge in [-0.3, -0.25) is 9.59 Å². The van der Waals surface area contributed by atoms with Crippen molar-refractivity contribution in [2.24, 2.45) is 17.8 Å². The summed E-state index contributed by atoms with van der Waals surface area (Å²) in [4.78, 5) is 25.3. The Bertz CT molecular complexity index is 622. The quantitative estimate of drug-likeness (QED) is 0.908. The molecule has 0 radical (unpaired) electrons. The molecule has 1 aliphatic heterocycles. The maximum atomic E-state index is 12.8. The fraction of sp³-hybridized carbons (Fsp3) is 0.444. The van der Waals surface area contributed by atoms with Crippen LogP contribution in [0, 0.1) is 23.6 Å². The van der Waals surface area contributed by atoms with Crippen molar-refractivity contribution in [2.75, 3.05) is 13.1 Å². The van der Waals surface area contributed by atoms with Crippen LogP contribution < -0.4 is 0 Å². The van der Waals surface area contributed by atoms with Crippen LogP contribution in [-0.2, 0) is 9.59 Å². The largest absolute Gasteiger partial charge is 0.481 e. The van der Waals surface area contributed by atoms with Crippen LogP contribution in [0.4, 0.5) is 4.39 Å². The van der Waals surface area contributed by atoms with Gasteiger partial charge in [0.15, 0.2) is 0 Å². The standard InChI is InChI=1S/C18H20FNO3/c19-14-8-4-12(5-9-14)2-1-3-17(21)20-10-15(13-6-7-13)16(11-20)18(22)23/h1-2,4-5,8-9,13,15-16H,3,6-7,10-11H2,(H,22,23)/b2-1+/t15-,16+/m1/s1. The second-order valence-corrected chi connectivity index (χ2v) is 6.40. The maximum Gasteiger partial charge on any atom is 0.308 e. The number of hydrogen-bond donors (Lipinski definition) is 1. The fourth-order valence-corrected chi connectivity index (χ4v) is 3.29. The zero-order valence-corrected chi connectivity index (χ0v) is 12.8. The fourth-order valence-electron chi connectivity index (χ4n) is 3.29. The summed E-state index contributed by atoms with van der Waals surface area (Å²) in [5.74, 6) is -0.966. The summed E-state index contributed by atoms with van der Waals surface area (Å²) in [7, 11) is 0. The van der Waals surface area contributed by atoms with Crippen LogP contribution in [0.15, 0.2) is 30.3 Å². The number of nitrogens with zero attached hydrogens (tertiary/aromatic N) is 1. The molecule has 4 nitrogen and oxygen atoms in total. The van der Waals surface area contributed by atoms with E-state index in [4.69, 9.17) is 0 Å². The van der Waals surface area contributed by atoms with Crippen molar-refractivity contribution >= 4 is 18.0 Å². The molecule has 0 unspecified atom stereocenters. The van der Waals surface area contributed by atoms with Crippen molar-refractivity contribution in [1.29, 1.82) is 0 Å². The summed E-state index contributed by atoms with van der Waals surface area (Å²) in [6, 6.07) is 6.05. The number of benzene rings is 1. The van der Waals surface area contributed by atoms with Crippen LogP contribution in [0.2, 0.25) is 0 Å². The summed E-state index contributed by atoms with van der Waals surface area (Å²) in [6.07, 6.45) is 5.93. The molecule has 1 saturated carbocycles. The third-order valence-electron chi connectivity index (χ3n) is 4.74. The summed E-state index contributed by atoms with van der Waals surface area (Å²) in [5.41, 5.74) is 0.833. The number of carboxylic acids is 1. The molecule has 3 rings (SSSR count). The molecule has 2 fully saturated rings. The van der Waals surface area contributed by atoms with Crippen LogP contribution in [-0.4, -0.2) is 35.0 Å². The minimum Gasteiger partial charge on any atom is -0.481 e. The zero-order chi connectivity index (χ0) is 16.4. The Labute approximate surface area is 134 Å². The Morgan fingerprint density at radius 1 is 1.22 bits per heavy atom. The molecule has 0 aromatic heterocycles. The SMILES string of the molecule is O=C(O)[C@H]1CN(C(=O)C/C=C/c2ccc(F)cc2)C[C@@H]1C1CC1. The zero-order valence-electron chi connectivity index (χ0n) is 12.8. The Hall–Kier alpha value is -2.17. The summed E-state index contributed by atoms with van der Waals surface area (Å²) in [6.45, 7) is 0.880. The lowest BCUT2D eigenvalue weighted by Crippen LogP contribution is -2.29. The second kappa shape index (κ2) is 6.52. The first-order chi connectivity index (χ1) is 11.0. The van der Waals surface area contributed by atoms with Gasteiger partial charge in [-0.15, -0.1) is 0 Å². The van der Waals surface area contributed by atoms with Gasteiger partial charge in [-0.2, -0.15) is 0 Å². The molecule has 1 aliphatic carbocycles. The number of aliphatic carboxylic acids is 1. The first-order valence-corrected chi connectivity index (χ1v) is 7.97. The van der Waals surface area contributed by atoms with E-state index in [2.05, 4.69) is 0 Å². The highest BCUT2D eigenvalue weighted by Gasteiger charge is 2.46. The van der Waals surface area contributed by atoms with E-state index in [0.29, 0.717) is 19.0 Å². The van der Waals surface area contributed by atoms with Gasteiger partial charge in [0.1, 0.15) is 5.82 Å². The predicted octanol–water partition coefficient (Wildman–Crippen LogP) is 2.80. The van der Waals surface area contributed by atoms with E-state index in [1.807, 2.05) is 0 Å². The predicted molar refractivity (Wildman–Crippen MR) is 84.0 cm³/mol. The number of likely N-dealkylation sites (tertiary alicyclic amines) is 1. The minimum absolute atomic E-state index is 0.0437. The van der Waals surface area contributed by atoms with Gasteiger partial charge in [-0.05, 0) is 42.4 Å². The molecule has 5 heteroatoms. The first-order valence-electron chi connectivity index (χ1n) is 7.97. The molecule has 0 bridgehead atoms. The van der Waals surface area contributed by atoms with Gasteiger partial charge in [0.05, 0.1) is 5.92 Å². The molecule has 2 aliphatic rings. The third kappa shape index (κ3) is 3.78. The van der Waals surface area contributed by atoms with E-state index in [0.717, 1.165) is 18.4 Å². The second-order valence-electron chi connectivity index (χ2n) is 6.40. The van der Waals surface area contributed by atoms with E-state index < -0.39 is 11.9 Å².